The fourth-order valence-corrected chi connectivity index (χ4v) is 4.29. The second-order valence-electron chi connectivity index (χ2n) is 6.79. The highest BCUT2D eigenvalue weighted by Gasteiger charge is 2.19. The average Bonchev–Trinajstić information content (AvgIpc) is 2.76. The molecule has 3 aromatic carbocycles. The van der Waals surface area contributed by atoms with Gasteiger partial charge in [-0.15, -0.1) is 0 Å². The van der Waals surface area contributed by atoms with Crippen LogP contribution in [-0.4, -0.2) is 14.3 Å². The predicted molar refractivity (Wildman–Crippen MR) is 132 cm³/mol. The molecule has 10 heteroatoms. The first-order chi connectivity index (χ1) is 15.6. The van der Waals surface area contributed by atoms with Crippen LogP contribution in [0.15, 0.2) is 75.6 Å². The van der Waals surface area contributed by atoms with Crippen molar-refractivity contribution in [2.75, 3.05) is 5.32 Å². The van der Waals surface area contributed by atoms with Gasteiger partial charge in [0, 0.05) is 15.7 Å². The summed E-state index contributed by atoms with van der Waals surface area (Å²) in [6, 6.07) is 17.0. The van der Waals surface area contributed by atoms with Gasteiger partial charge in [-0.3, -0.25) is 4.79 Å². The maximum absolute atomic E-state index is 12.7. The minimum absolute atomic E-state index is 0.0242. The molecule has 0 aliphatic heterocycles. The number of carbonyl (C=O) groups is 1. The molecule has 3 aromatic rings. The summed E-state index contributed by atoms with van der Waals surface area (Å²) in [5.74, 6) is -0.767. The summed E-state index contributed by atoms with van der Waals surface area (Å²) >= 11 is 15.1. The van der Waals surface area contributed by atoms with Gasteiger partial charge in [0.2, 0.25) is 0 Å². The molecule has 0 saturated heterocycles. The van der Waals surface area contributed by atoms with Gasteiger partial charge in [-0.1, -0.05) is 56.8 Å². The van der Waals surface area contributed by atoms with Crippen LogP contribution in [0, 0.1) is 18.3 Å². The Labute approximate surface area is 209 Å². The zero-order valence-corrected chi connectivity index (χ0v) is 20.9. The number of halogens is 3. The molecule has 1 N–H and O–H groups in total. The molecule has 0 heterocycles. The summed E-state index contributed by atoms with van der Waals surface area (Å²) in [7, 11) is -4.14. The van der Waals surface area contributed by atoms with E-state index in [4.69, 9.17) is 27.4 Å². The zero-order valence-electron chi connectivity index (χ0n) is 17.0. The van der Waals surface area contributed by atoms with E-state index >= 15 is 0 Å². The molecule has 0 fully saturated rings. The summed E-state index contributed by atoms with van der Waals surface area (Å²) in [5.41, 5.74) is 1.16. The van der Waals surface area contributed by atoms with Crippen LogP contribution in [0.5, 0.6) is 5.75 Å². The Kier molecular flexibility index (Phi) is 7.82. The van der Waals surface area contributed by atoms with E-state index in [0.29, 0.717) is 15.2 Å². The third-order valence-electron chi connectivity index (χ3n) is 4.32. The number of nitriles is 1. The quantitative estimate of drug-likeness (QED) is 0.212. The number of rotatable bonds is 6. The lowest BCUT2D eigenvalue weighted by Crippen LogP contribution is -2.14. The van der Waals surface area contributed by atoms with Gasteiger partial charge >= 0.3 is 10.1 Å². The smallest absolute Gasteiger partial charge is 0.339 e. The molecular formula is C23H15BrCl2N2O4S. The Morgan fingerprint density at radius 3 is 2.39 bits per heavy atom. The highest BCUT2D eigenvalue weighted by molar-refractivity contribution is 9.10. The molecule has 1 amide bonds. The largest absolute Gasteiger partial charge is 0.378 e. The lowest BCUT2D eigenvalue weighted by molar-refractivity contribution is -0.112. The summed E-state index contributed by atoms with van der Waals surface area (Å²) in [5, 5.41) is 12.6. The van der Waals surface area contributed by atoms with Crippen LogP contribution >= 0.6 is 39.1 Å². The Morgan fingerprint density at radius 1 is 1.06 bits per heavy atom. The van der Waals surface area contributed by atoms with E-state index in [2.05, 4.69) is 21.2 Å². The van der Waals surface area contributed by atoms with Crippen molar-refractivity contribution in [1.82, 2.24) is 0 Å². The van der Waals surface area contributed by atoms with Gasteiger partial charge in [-0.2, -0.15) is 13.7 Å². The maximum Gasteiger partial charge on any atom is 0.339 e. The van der Waals surface area contributed by atoms with Crippen LogP contribution in [-0.2, 0) is 14.9 Å². The molecule has 0 aliphatic carbocycles. The van der Waals surface area contributed by atoms with E-state index in [1.165, 1.54) is 48.5 Å². The first-order valence-electron chi connectivity index (χ1n) is 9.28. The third kappa shape index (κ3) is 6.36. The minimum Gasteiger partial charge on any atom is -0.378 e. The third-order valence-corrected chi connectivity index (χ3v) is 6.80. The van der Waals surface area contributed by atoms with Gasteiger partial charge in [0.05, 0.1) is 10.0 Å². The topological polar surface area (TPSA) is 96.3 Å². The normalized spacial score (nSPS) is 11.5. The molecule has 0 spiro atoms. The van der Waals surface area contributed by atoms with Gasteiger partial charge < -0.3 is 9.50 Å². The number of nitrogens with zero attached hydrogens (tertiary/aromatic N) is 1. The average molecular weight is 566 g/mol. The number of aryl methyl sites for hydroxylation is 1. The summed E-state index contributed by atoms with van der Waals surface area (Å²) in [6.07, 6.45) is 1.23. The van der Waals surface area contributed by atoms with Crippen molar-refractivity contribution in [3.8, 4) is 11.8 Å². The van der Waals surface area contributed by atoms with Crippen molar-refractivity contribution in [3.05, 3.63) is 91.9 Å². The van der Waals surface area contributed by atoms with Crippen LogP contribution in [0.2, 0.25) is 10.0 Å². The first-order valence-corrected chi connectivity index (χ1v) is 12.2. The molecule has 168 valence electrons. The van der Waals surface area contributed by atoms with E-state index in [1.807, 2.05) is 13.0 Å². The van der Waals surface area contributed by atoms with Crippen LogP contribution in [0.4, 0.5) is 5.69 Å². The number of amides is 1. The van der Waals surface area contributed by atoms with E-state index in [1.54, 1.807) is 18.2 Å². The van der Waals surface area contributed by atoms with E-state index in [9.17, 15) is 18.5 Å². The molecule has 0 atom stereocenters. The van der Waals surface area contributed by atoms with Gasteiger partial charge in [-0.25, -0.2) is 0 Å². The van der Waals surface area contributed by atoms with E-state index < -0.39 is 16.0 Å². The molecule has 33 heavy (non-hydrogen) atoms. The standard InChI is InChI=1S/C23H15BrCl2N2O4S/c1-14-2-6-19(7-3-14)33(30,31)32-22-9-4-17(24)11-15(22)10-16(13-27)23(29)28-18-5-8-20(25)21(26)12-18/h2-12H,1H3,(H,28,29)/b16-10+. The van der Waals surface area contributed by atoms with Crippen molar-refractivity contribution in [1.29, 1.82) is 5.26 Å². The Hall–Kier alpha value is -2.83. The fraction of sp³-hybridized carbons (Fsp3) is 0.0435. The van der Waals surface area contributed by atoms with Crippen LogP contribution in [0.25, 0.3) is 6.08 Å². The van der Waals surface area contributed by atoms with Crippen LogP contribution < -0.4 is 9.50 Å². The molecule has 0 bridgehead atoms. The van der Waals surface area contributed by atoms with Gasteiger partial charge in [0.1, 0.15) is 22.3 Å². The summed E-state index contributed by atoms with van der Waals surface area (Å²) in [6.45, 7) is 1.83. The number of carbonyl (C=O) groups excluding carboxylic acids is 1. The molecule has 0 saturated carbocycles. The van der Waals surface area contributed by atoms with E-state index in [0.717, 1.165) is 5.56 Å². The molecule has 0 radical (unpaired) electrons. The lowest BCUT2D eigenvalue weighted by atomic mass is 10.1. The second-order valence-corrected chi connectivity index (χ2v) is 10.1. The maximum atomic E-state index is 12.7. The Bertz CT molecular complexity index is 1400. The monoisotopic (exact) mass is 564 g/mol. The van der Waals surface area contributed by atoms with Crippen molar-refractivity contribution >= 4 is 66.9 Å². The molecule has 0 aromatic heterocycles. The Balaban J connectivity index is 1.93. The van der Waals surface area contributed by atoms with Gasteiger partial charge in [-0.05, 0) is 61.5 Å². The van der Waals surface area contributed by atoms with Crippen molar-refractivity contribution in [2.45, 2.75) is 11.8 Å². The lowest BCUT2D eigenvalue weighted by Gasteiger charge is -2.11. The molecule has 3 rings (SSSR count). The van der Waals surface area contributed by atoms with Crippen molar-refractivity contribution in [3.63, 3.8) is 0 Å². The fourth-order valence-electron chi connectivity index (χ4n) is 2.66. The number of benzene rings is 3. The number of hydrogen-bond acceptors (Lipinski definition) is 5. The first kappa shape index (κ1) is 24.8. The SMILES string of the molecule is Cc1ccc(S(=O)(=O)Oc2ccc(Br)cc2/C=C(\C#N)C(=O)Nc2ccc(Cl)c(Cl)c2)cc1. The predicted octanol–water partition coefficient (Wildman–Crippen LogP) is 6.38. The van der Waals surface area contributed by atoms with Gasteiger partial charge in [0.15, 0.2) is 0 Å². The molecular weight excluding hydrogens is 551 g/mol. The number of hydrogen-bond donors (Lipinski definition) is 1. The van der Waals surface area contributed by atoms with Crippen molar-refractivity contribution < 1.29 is 17.4 Å². The number of anilines is 1. The number of nitrogens with one attached hydrogen (secondary N) is 1. The highest BCUT2D eigenvalue weighted by Crippen LogP contribution is 2.29. The zero-order chi connectivity index (χ0) is 24.2. The Morgan fingerprint density at radius 2 is 1.76 bits per heavy atom. The summed E-state index contributed by atoms with van der Waals surface area (Å²) in [4.78, 5) is 12.6. The molecule has 6 nitrogen and oxygen atoms in total. The van der Waals surface area contributed by atoms with Crippen LogP contribution in [0.3, 0.4) is 0 Å². The van der Waals surface area contributed by atoms with Gasteiger partial charge in [0.25, 0.3) is 5.91 Å². The van der Waals surface area contributed by atoms with Crippen LogP contribution in [0.1, 0.15) is 11.1 Å². The summed E-state index contributed by atoms with van der Waals surface area (Å²) < 4.78 is 31.3. The van der Waals surface area contributed by atoms with E-state index in [-0.39, 0.29) is 26.8 Å². The second kappa shape index (κ2) is 10.4. The molecule has 0 aliphatic rings. The minimum atomic E-state index is -4.14. The molecule has 0 unspecified atom stereocenters. The highest BCUT2D eigenvalue weighted by atomic mass is 79.9. The van der Waals surface area contributed by atoms with Crippen molar-refractivity contribution in [2.24, 2.45) is 0 Å².